The Bertz CT molecular complexity index is 492. The molecule has 0 aliphatic carbocycles. The van der Waals surface area contributed by atoms with Gasteiger partial charge in [0.05, 0.1) is 3.79 Å². The smallest absolute Gasteiger partial charge is 0.0701 e. The third-order valence-corrected chi connectivity index (χ3v) is 4.38. The van der Waals surface area contributed by atoms with Crippen molar-refractivity contribution in [3.63, 3.8) is 0 Å². The van der Waals surface area contributed by atoms with Crippen LogP contribution in [-0.2, 0) is 6.54 Å². The summed E-state index contributed by atoms with van der Waals surface area (Å²) in [6.45, 7) is 5.26. The molecule has 3 heteroatoms. The topological polar surface area (TPSA) is 12.0 Å². The molecule has 1 unspecified atom stereocenters. The van der Waals surface area contributed by atoms with E-state index in [0.29, 0.717) is 6.04 Å². The summed E-state index contributed by atoms with van der Waals surface area (Å²) in [6.07, 6.45) is 0. The van der Waals surface area contributed by atoms with E-state index in [2.05, 4.69) is 71.5 Å². The summed E-state index contributed by atoms with van der Waals surface area (Å²) in [5.41, 5.74) is 2.66. The highest BCUT2D eigenvalue weighted by molar-refractivity contribution is 9.11. The SMILES string of the molecule is Cc1cccc(C(C)NCc2ccc(Br)s2)c1. The summed E-state index contributed by atoms with van der Waals surface area (Å²) >= 11 is 5.27. The van der Waals surface area contributed by atoms with Crippen LogP contribution < -0.4 is 5.32 Å². The number of hydrogen-bond acceptors (Lipinski definition) is 2. The number of benzene rings is 1. The van der Waals surface area contributed by atoms with E-state index in [1.807, 2.05) is 0 Å². The summed E-state index contributed by atoms with van der Waals surface area (Å²) in [6, 6.07) is 13.3. The van der Waals surface area contributed by atoms with Crippen molar-refractivity contribution in [2.45, 2.75) is 26.4 Å². The second-order valence-corrected chi connectivity index (χ2v) is 6.77. The van der Waals surface area contributed by atoms with Crippen molar-refractivity contribution >= 4 is 27.3 Å². The van der Waals surface area contributed by atoms with E-state index in [9.17, 15) is 0 Å². The van der Waals surface area contributed by atoms with E-state index in [1.54, 1.807) is 11.3 Å². The van der Waals surface area contributed by atoms with Gasteiger partial charge < -0.3 is 5.32 Å². The first-order valence-corrected chi connectivity index (χ1v) is 7.30. The van der Waals surface area contributed by atoms with Gasteiger partial charge in [0, 0.05) is 17.5 Å². The lowest BCUT2D eigenvalue weighted by Gasteiger charge is -2.14. The van der Waals surface area contributed by atoms with Gasteiger partial charge in [-0.3, -0.25) is 0 Å². The molecule has 1 aromatic carbocycles. The third-order valence-electron chi connectivity index (χ3n) is 2.75. The van der Waals surface area contributed by atoms with Crippen molar-refractivity contribution in [2.75, 3.05) is 0 Å². The van der Waals surface area contributed by atoms with Gasteiger partial charge in [-0.1, -0.05) is 29.8 Å². The fraction of sp³-hybridized carbons (Fsp3) is 0.286. The lowest BCUT2D eigenvalue weighted by atomic mass is 10.1. The minimum Gasteiger partial charge on any atom is -0.305 e. The first-order valence-electron chi connectivity index (χ1n) is 5.69. The Morgan fingerprint density at radius 1 is 1.29 bits per heavy atom. The monoisotopic (exact) mass is 309 g/mol. The number of aryl methyl sites for hydroxylation is 1. The highest BCUT2D eigenvalue weighted by atomic mass is 79.9. The lowest BCUT2D eigenvalue weighted by molar-refractivity contribution is 0.578. The molecule has 1 aromatic heterocycles. The molecular formula is C14H16BrNS. The zero-order chi connectivity index (χ0) is 12.3. The highest BCUT2D eigenvalue weighted by Gasteiger charge is 2.05. The molecule has 2 aromatic rings. The molecule has 90 valence electrons. The molecule has 17 heavy (non-hydrogen) atoms. The van der Waals surface area contributed by atoms with E-state index >= 15 is 0 Å². The van der Waals surface area contributed by atoms with Crippen molar-refractivity contribution in [1.82, 2.24) is 5.32 Å². The standard InChI is InChI=1S/C14H16BrNS/c1-10-4-3-5-12(8-10)11(2)16-9-13-6-7-14(15)17-13/h3-8,11,16H,9H2,1-2H3. The first-order chi connectivity index (χ1) is 8.15. The van der Waals surface area contributed by atoms with Gasteiger partial charge in [0.25, 0.3) is 0 Å². The fourth-order valence-corrected chi connectivity index (χ4v) is 3.19. The maximum absolute atomic E-state index is 3.55. The van der Waals surface area contributed by atoms with Gasteiger partial charge in [0.2, 0.25) is 0 Å². The maximum atomic E-state index is 3.55. The van der Waals surface area contributed by atoms with E-state index in [1.165, 1.54) is 19.8 Å². The molecule has 0 spiro atoms. The fourth-order valence-electron chi connectivity index (χ4n) is 1.76. The van der Waals surface area contributed by atoms with Crippen LogP contribution in [0, 0.1) is 6.92 Å². The number of thiophene rings is 1. The third kappa shape index (κ3) is 3.66. The second kappa shape index (κ2) is 5.80. The van der Waals surface area contributed by atoms with Crippen LogP contribution in [0.1, 0.15) is 29.0 Å². The van der Waals surface area contributed by atoms with Gasteiger partial charge in [-0.15, -0.1) is 11.3 Å². The average molecular weight is 310 g/mol. The Morgan fingerprint density at radius 2 is 2.12 bits per heavy atom. The van der Waals surface area contributed by atoms with Gasteiger partial charge in [-0.25, -0.2) is 0 Å². The summed E-state index contributed by atoms with van der Waals surface area (Å²) in [5.74, 6) is 0. The molecule has 1 N–H and O–H groups in total. The number of halogens is 1. The first kappa shape index (κ1) is 12.8. The molecule has 0 bridgehead atoms. The minimum absolute atomic E-state index is 0.385. The lowest BCUT2D eigenvalue weighted by Crippen LogP contribution is -2.17. The molecule has 1 nitrogen and oxygen atoms in total. The van der Waals surface area contributed by atoms with Gasteiger partial charge in [0.15, 0.2) is 0 Å². The molecule has 0 radical (unpaired) electrons. The van der Waals surface area contributed by atoms with Crippen LogP contribution in [0.2, 0.25) is 0 Å². The van der Waals surface area contributed by atoms with Crippen LogP contribution in [0.25, 0.3) is 0 Å². The Kier molecular flexibility index (Phi) is 4.37. The Hall–Kier alpha value is -0.640. The zero-order valence-corrected chi connectivity index (χ0v) is 12.4. The summed E-state index contributed by atoms with van der Waals surface area (Å²) in [7, 11) is 0. The van der Waals surface area contributed by atoms with Gasteiger partial charge in [-0.2, -0.15) is 0 Å². The van der Waals surface area contributed by atoms with E-state index < -0.39 is 0 Å². The van der Waals surface area contributed by atoms with E-state index in [0.717, 1.165) is 6.54 Å². The summed E-state index contributed by atoms with van der Waals surface area (Å²) in [4.78, 5) is 1.36. The van der Waals surface area contributed by atoms with Crippen molar-refractivity contribution < 1.29 is 0 Å². The predicted molar refractivity (Wildman–Crippen MR) is 78.5 cm³/mol. The van der Waals surface area contributed by atoms with Crippen LogP contribution in [-0.4, -0.2) is 0 Å². The normalized spacial score (nSPS) is 12.6. The predicted octanol–water partition coefficient (Wildman–Crippen LogP) is 4.67. The Morgan fingerprint density at radius 3 is 2.76 bits per heavy atom. The van der Waals surface area contributed by atoms with Crippen molar-refractivity contribution in [3.05, 3.63) is 56.2 Å². The highest BCUT2D eigenvalue weighted by Crippen LogP contribution is 2.23. The van der Waals surface area contributed by atoms with Crippen LogP contribution >= 0.6 is 27.3 Å². The summed E-state index contributed by atoms with van der Waals surface area (Å²) < 4.78 is 1.19. The van der Waals surface area contributed by atoms with E-state index in [4.69, 9.17) is 0 Å². The van der Waals surface area contributed by atoms with Crippen LogP contribution in [0.3, 0.4) is 0 Å². The van der Waals surface area contributed by atoms with Crippen molar-refractivity contribution in [1.29, 1.82) is 0 Å². The molecule has 0 fully saturated rings. The number of rotatable bonds is 4. The van der Waals surface area contributed by atoms with Crippen molar-refractivity contribution in [3.8, 4) is 0 Å². The number of nitrogens with one attached hydrogen (secondary N) is 1. The average Bonchev–Trinajstić information content (AvgIpc) is 2.72. The van der Waals surface area contributed by atoms with Crippen LogP contribution in [0.5, 0.6) is 0 Å². The molecule has 1 heterocycles. The summed E-state index contributed by atoms with van der Waals surface area (Å²) in [5, 5.41) is 3.55. The molecule has 2 rings (SSSR count). The second-order valence-electron chi connectivity index (χ2n) is 4.22. The van der Waals surface area contributed by atoms with E-state index in [-0.39, 0.29) is 0 Å². The molecule has 0 saturated carbocycles. The quantitative estimate of drug-likeness (QED) is 0.865. The van der Waals surface area contributed by atoms with Crippen molar-refractivity contribution in [2.24, 2.45) is 0 Å². The Balaban J connectivity index is 1.95. The zero-order valence-electron chi connectivity index (χ0n) is 10.0. The van der Waals surface area contributed by atoms with Gasteiger partial charge in [-0.05, 0) is 47.5 Å². The largest absolute Gasteiger partial charge is 0.305 e. The van der Waals surface area contributed by atoms with Gasteiger partial charge >= 0.3 is 0 Å². The maximum Gasteiger partial charge on any atom is 0.0701 e. The number of hydrogen-bond donors (Lipinski definition) is 1. The molecule has 0 saturated heterocycles. The van der Waals surface area contributed by atoms with Crippen LogP contribution in [0.4, 0.5) is 0 Å². The minimum atomic E-state index is 0.385. The Labute approximate surface area is 115 Å². The molecule has 0 aliphatic heterocycles. The molecule has 0 aliphatic rings. The molecular weight excluding hydrogens is 294 g/mol. The van der Waals surface area contributed by atoms with Gasteiger partial charge in [0.1, 0.15) is 0 Å². The molecule has 0 amide bonds. The van der Waals surface area contributed by atoms with Crippen LogP contribution in [0.15, 0.2) is 40.2 Å². The molecule has 1 atom stereocenters.